The number of nitrogens with zero attached hydrogens (tertiary/aromatic N) is 1. The molecule has 2 unspecified atom stereocenters. The van der Waals surface area contributed by atoms with Crippen LogP contribution in [0.15, 0.2) is 0 Å². The van der Waals surface area contributed by atoms with Crippen molar-refractivity contribution < 1.29 is 0 Å². The molecular weight excluding hydrogens is 186 g/mol. The van der Waals surface area contributed by atoms with Crippen LogP contribution in [-0.4, -0.2) is 16.2 Å². The van der Waals surface area contributed by atoms with E-state index in [0.717, 1.165) is 6.42 Å². The number of halogens is 1. The van der Waals surface area contributed by atoms with Crippen LogP contribution < -0.4 is 5.32 Å². The molecule has 1 aromatic rings. The molecule has 4 heteroatoms. The molecule has 0 radical (unpaired) electrons. The zero-order chi connectivity index (χ0) is 8.13. The molecule has 0 aliphatic carbocycles. The Labute approximate surface area is 83.7 Å². The van der Waals surface area contributed by atoms with Crippen LogP contribution in [0, 0.1) is 6.92 Å². The summed E-state index contributed by atoms with van der Waals surface area (Å²) in [5.74, 6) is 0. The van der Waals surface area contributed by atoms with Crippen molar-refractivity contribution in [1.29, 1.82) is 0 Å². The van der Waals surface area contributed by atoms with E-state index in [-0.39, 0.29) is 12.4 Å². The van der Waals surface area contributed by atoms with Gasteiger partial charge in [-0.3, -0.25) is 5.10 Å². The molecule has 13 heavy (non-hydrogen) atoms. The zero-order valence-electron chi connectivity index (χ0n) is 7.63. The third kappa shape index (κ3) is 1.18. The van der Waals surface area contributed by atoms with Gasteiger partial charge in [0.15, 0.2) is 0 Å². The molecule has 72 valence electrons. The standard InChI is InChI=1S/C9H13N3.ClH/c1-5-9-7-3-2-6(10-7)4-8(9)12-11-5;/h6-7,10H,2-4H2,1H3,(H,11,12);1H. The summed E-state index contributed by atoms with van der Waals surface area (Å²) in [7, 11) is 0. The highest BCUT2D eigenvalue weighted by molar-refractivity contribution is 5.85. The first-order valence-electron chi connectivity index (χ1n) is 4.64. The molecular formula is C9H14ClN3. The van der Waals surface area contributed by atoms with Gasteiger partial charge in [0.25, 0.3) is 0 Å². The van der Waals surface area contributed by atoms with Crippen LogP contribution in [0.5, 0.6) is 0 Å². The highest BCUT2D eigenvalue weighted by Crippen LogP contribution is 2.36. The van der Waals surface area contributed by atoms with Crippen molar-refractivity contribution in [2.75, 3.05) is 0 Å². The fourth-order valence-electron chi connectivity index (χ4n) is 2.55. The van der Waals surface area contributed by atoms with Gasteiger partial charge in [-0.2, -0.15) is 5.10 Å². The SMILES string of the molecule is Cc1[nH]nc2c1C1CCC(C2)N1.Cl. The Kier molecular flexibility index (Phi) is 2.08. The summed E-state index contributed by atoms with van der Waals surface area (Å²) < 4.78 is 0. The second-order valence-electron chi connectivity index (χ2n) is 3.91. The number of fused-ring (bicyclic) bond motifs is 4. The average Bonchev–Trinajstić information content (AvgIpc) is 2.59. The van der Waals surface area contributed by atoms with Crippen LogP contribution in [0.3, 0.4) is 0 Å². The van der Waals surface area contributed by atoms with Crippen LogP contribution >= 0.6 is 12.4 Å². The van der Waals surface area contributed by atoms with Gasteiger partial charge < -0.3 is 5.32 Å². The minimum atomic E-state index is 0. The van der Waals surface area contributed by atoms with Gasteiger partial charge in [-0.25, -0.2) is 0 Å². The monoisotopic (exact) mass is 199 g/mol. The highest BCUT2D eigenvalue weighted by Gasteiger charge is 2.34. The molecule has 3 rings (SSSR count). The molecule has 2 N–H and O–H groups in total. The number of rotatable bonds is 0. The lowest BCUT2D eigenvalue weighted by Gasteiger charge is -2.20. The minimum Gasteiger partial charge on any atom is -0.307 e. The number of aromatic amines is 1. The molecule has 2 aliphatic heterocycles. The summed E-state index contributed by atoms with van der Waals surface area (Å²) in [5.41, 5.74) is 4.00. The summed E-state index contributed by atoms with van der Waals surface area (Å²) in [4.78, 5) is 0. The van der Waals surface area contributed by atoms with Crippen LogP contribution in [0.25, 0.3) is 0 Å². The minimum absolute atomic E-state index is 0. The summed E-state index contributed by atoms with van der Waals surface area (Å²) in [6.07, 6.45) is 3.73. The van der Waals surface area contributed by atoms with E-state index in [2.05, 4.69) is 22.4 Å². The van der Waals surface area contributed by atoms with Gasteiger partial charge in [0.1, 0.15) is 0 Å². The number of hydrogen-bond acceptors (Lipinski definition) is 2. The highest BCUT2D eigenvalue weighted by atomic mass is 35.5. The maximum atomic E-state index is 4.33. The lowest BCUT2D eigenvalue weighted by Crippen LogP contribution is -2.31. The third-order valence-electron chi connectivity index (χ3n) is 3.10. The van der Waals surface area contributed by atoms with Crippen molar-refractivity contribution >= 4 is 12.4 Å². The van der Waals surface area contributed by atoms with E-state index in [1.54, 1.807) is 0 Å². The van der Waals surface area contributed by atoms with Crippen LogP contribution in [0.2, 0.25) is 0 Å². The molecule has 2 atom stereocenters. The molecule has 1 aromatic heterocycles. The number of H-pyrrole nitrogens is 1. The van der Waals surface area contributed by atoms with Gasteiger partial charge in [-0.1, -0.05) is 0 Å². The molecule has 3 nitrogen and oxygen atoms in total. The Hall–Kier alpha value is -0.540. The summed E-state index contributed by atoms with van der Waals surface area (Å²) in [6, 6.07) is 1.29. The molecule has 1 fully saturated rings. The van der Waals surface area contributed by atoms with Gasteiger partial charge in [-0.05, 0) is 19.8 Å². The number of aryl methyl sites for hydroxylation is 1. The van der Waals surface area contributed by atoms with Gasteiger partial charge in [0, 0.05) is 29.8 Å². The van der Waals surface area contributed by atoms with Crippen molar-refractivity contribution in [2.24, 2.45) is 0 Å². The maximum Gasteiger partial charge on any atom is 0.0688 e. The quantitative estimate of drug-likeness (QED) is 0.665. The van der Waals surface area contributed by atoms with Crippen molar-refractivity contribution in [1.82, 2.24) is 15.5 Å². The third-order valence-corrected chi connectivity index (χ3v) is 3.10. The van der Waals surface area contributed by atoms with E-state index in [0.29, 0.717) is 12.1 Å². The molecule has 0 aromatic carbocycles. The summed E-state index contributed by atoms with van der Waals surface area (Å²) in [5, 5.41) is 11.0. The predicted molar refractivity (Wildman–Crippen MR) is 53.2 cm³/mol. The normalized spacial score (nSPS) is 29.6. The average molecular weight is 200 g/mol. The van der Waals surface area contributed by atoms with Crippen molar-refractivity contribution in [3.63, 3.8) is 0 Å². The fourth-order valence-corrected chi connectivity index (χ4v) is 2.55. The van der Waals surface area contributed by atoms with Gasteiger partial charge in [-0.15, -0.1) is 12.4 Å². The Bertz CT molecular complexity index is 321. The molecule has 1 saturated heterocycles. The fraction of sp³-hybridized carbons (Fsp3) is 0.667. The summed E-state index contributed by atoms with van der Waals surface area (Å²) >= 11 is 0. The largest absolute Gasteiger partial charge is 0.307 e. The van der Waals surface area contributed by atoms with E-state index in [4.69, 9.17) is 0 Å². The Balaban J connectivity index is 0.000000653. The van der Waals surface area contributed by atoms with E-state index in [1.165, 1.54) is 29.8 Å². The number of aromatic nitrogens is 2. The van der Waals surface area contributed by atoms with Gasteiger partial charge in [0.2, 0.25) is 0 Å². The van der Waals surface area contributed by atoms with Crippen molar-refractivity contribution in [3.8, 4) is 0 Å². The maximum absolute atomic E-state index is 4.33. The molecule has 0 saturated carbocycles. The van der Waals surface area contributed by atoms with Crippen molar-refractivity contribution in [2.45, 2.75) is 38.3 Å². The number of nitrogens with one attached hydrogen (secondary N) is 2. The summed E-state index contributed by atoms with van der Waals surface area (Å²) in [6.45, 7) is 2.12. The zero-order valence-corrected chi connectivity index (χ0v) is 8.45. The first-order valence-corrected chi connectivity index (χ1v) is 4.64. The van der Waals surface area contributed by atoms with Gasteiger partial charge in [0.05, 0.1) is 5.69 Å². The van der Waals surface area contributed by atoms with E-state index >= 15 is 0 Å². The first-order chi connectivity index (χ1) is 5.84. The molecule has 2 bridgehead atoms. The molecule has 0 amide bonds. The Morgan fingerprint density at radius 2 is 2.23 bits per heavy atom. The number of hydrogen-bond donors (Lipinski definition) is 2. The molecule has 2 aliphatic rings. The van der Waals surface area contributed by atoms with Crippen LogP contribution in [-0.2, 0) is 6.42 Å². The lowest BCUT2D eigenvalue weighted by molar-refractivity contribution is 0.510. The van der Waals surface area contributed by atoms with E-state index < -0.39 is 0 Å². The van der Waals surface area contributed by atoms with Crippen LogP contribution in [0.1, 0.15) is 35.8 Å². The smallest absolute Gasteiger partial charge is 0.0688 e. The topological polar surface area (TPSA) is 40.7 Å². The van der Waals surface area contributed by atoms with Crippen molar-refractivity contribution in [3.05, 3.63) is 17.0 Å². The Morgan fingerprint density at radius 1 is 1.38 bits per heavy atom. The van der Waals surface area contributed by atoms with E-state index in [9.17, 15) is 0 Å². The van der Waals surface area contributed by atoms with E-state index in [1.807, 2.05) is 0 Å². The van der Waals surface area contributed by atoms with Gasteiger partial charge >= 0.3 is 0 Å². The Morgan fingerprint density at radius 3 is 3.08 bits per heavy atom. The lowest BCUT2D eigenvalue weighted by atomic mass is 10.0. The first kappa shape index (κ1) is 9.03. The molecule has 0 spiro atoms. The molecule has 3 heterocycles. The second-order valence-corrected chi connectivity index (χ2v) is 3.91. The van der Waals surface area contributed by atoms with Crippen LogP contribution in [0.4, 0.5) is 0 Å². The second kappa shape index (κ2) is 3.00. The predicted octanol–water partition coefficient (Wildman–Crippen LogP) is 1.49.